The fourth-order valence-corrected chi connectivity index (χ4v) is 2.20. The lowest BCUT2D eigenvalue weighted by Gasteiger charge is -2.28. The molecule has 0 saturated carbocycles. The van der Waals surface area contributed by atoms with Gasteiger partial charge in [0.15, 0.2) is 5.78 Å². The summed E-state index contributed by atoms with van der Waals surface area (Å²) in [6, 6.07) is 8.79. The second-order valence-corrected chi connectivity index (χ2v) is 4.28. The number of ketones is 1. The largest absolute Gasteiger partial charge is 0.307 e. The van der Waals surface area contributed by atoms with Gasteiger partial charge in [-0.3, -0.25) is 9.59 Å². The highest BCUT2D eigenvalue weighted by Crippen LogP contribution is 2.27. The number of aromatic nitrogens is 2. The number of anilines is 1. The van der Waals surface area contributed by atoms with Crippen molar-refractivity contribution in [1.29, 1.82) is 0 Å². The molecule has 2 aromatic rings. The van der Waals surface area contributed by atoms with E-state index in [4.69, 9.17) is 0 Å². The van der Waals surface area contributed by atoms with Crippen molar-refractivity contribution in [2.75, 3.05) is 11.4 Å². The van der Waals surface area contributed by atoms with E-state index < -0.39 is 0 Å². The number of rotatable bonds is 1. The standard InChI is InChI=1S/C14H11N3O2/c18-13-6-8-17(12-4-2-1-3-11(12)13)14(19)10-5-7-15-16-9-10/h1-5,7,9H,6,8H2. The molecule has 94 valence electrons. The first kappa shape index (κ1) is 11.5. The first-order valence-electron chi connectivity index (χ1n) is 5.98. The van der Waals surface area contributed by atoms with Crippen LogP contribution in [0, 0.1) is 0 Å². The Morgan fingerprint density at radius 2 is 2.00 bits per heavy atom. The Balaban J connectivity index is 2.02. The number of hydrogen-bond donors (Lipinski definition) is 0. The van der Waals surface area contributed by atoms with Crippen LogP contribution < -0.4 is 4.90 Å². The fourth-order valence-electron chi connectivity index (χ4n) is 2.20. The molecular weight excluding hydrogens is 242 g/mol. The molecule has 0 saturated heterocycles. The molecule has 1 aromatic heterocycles. The molecule has 0 bridgehead atoms. The van der Waals surface area contributed by atoms with Crippen LogP contribution in [0.4, 0.5) is 5.69 Å². The third-order valence-electron chi connectivity index (χ3n) is 3.13. The highest BCUT2D eigenvalue weighted by atomic mass is 16.2. The van der Waals surface area contributed by atoms with Crippen molar-refractivity contribution in [1.82, 2.24) is 10.2 Å². The van der Waals surface area contributed by atoms with E-state index in [2.05, 4.69) is 10.2 Å². The summed E-state index contributed by atoms with van der Waals surface area (Å²) in [5.74, 6) is -0.0812. The van der Waals surface area contributed by atoms with Crippen LogP contribution >= 0.6 is 0 Å². The normalized spacial score (nSPS) is 14.1. The molecule has 0 unspecified atom stereocenters. The second kappa shape index (κ2) is 4.61. The maximum atomic E-state index is 12.4. The number of nitrogens with zero attached hydrogens (tertiary/aromatic N) is 3. The van der Waals surface area contributed by atoms with Crippen molar-refractivity contribution in [2.45, 2.75) is 6.42 Å². The van der Waals surface area contributed by atoms with Gasteiger partial charge in [-0.05, 0) is 18.2 Å². The van der Waals surface area contributed by atoms with Gasteiger partial charge in [0.25, 0.3) is 5.91 Å². The number of hydrogen-bond acceptors (Lipinski definition) is 4. The Morgan fingerprint density at radius 1 is 1.16 bits per heavy atom. The molecule has 1 amide bonds. The summed E-state index contributed by atoms with van der Waals surface area (Å²) in [5, 5.41) is 7.36. The van der Waals surface area contributed by atoms with Gasteiger partial charge in [-0.2, -0.15) is 10.2 Å². The van der Waals surface area contributed by atoms with Crippen molar-refractivity contribution >= 4 is 17.4 Å². The van der Waals surface area contributed by atoms with Gasteiger partial charge in [-0.1, -0.05) is 12.1 Å². The van der Waals surface area contributed by atoms with Gasteiger partial charge in [0.2, 0.25) is 0 Å². The van der Waals surface area contributed by atoms with Gasteiger partial charge in [-0.15, -0.1) is 0 Å². The Bertz CT molecular complexity index is 640. The molecule has 0 aliphatic carbocycles. The lowest BCUT2D eigenvalue weighted by Crippen LogP contribution is -2.37. The monoisotopic (exact) mass is 253 g/mol. The molecule has 3 rings (SSSR count). The van der Waals surface area contributed by atoms with Crippen molar-refractivity contribution in [3.63, 3.8) is 0 Å². The highest BCUT2D eigenvalue weighted by molar-refractivity contribution is 6.13. The van der Waals surface area contributed by atoms with Crippen LogP contribution in [-0.2, 0) is 0 Å². The smallest absolute Gasteiger partial charge is 0.259 e. The van der Waals surface area contributed by atoms with E-state index in [1.54, 1.807) is 29.2 Å². The Hall–Kier alpha value is -2.56. The van der Waals surface area contributed by atoms with Gasteiger partial charge in [-0.25, -0.2) is 0 Å². The van der Waals surface area contributed by atoms with Crippen LogP contribution in [0.5, 0.6) is 0 Å². The van der Waals surface area contributed by atoms with Crippen LogP contribution in [0.1, 0.15) is 27.1 Å². The SMILES string of the molecule is O=C1CCN(C(=O)c2ccnnc2)c2ccccc21. The highest BCUT2D eigenvalue weighted by Gasteiger charge is 2.27. The van der Waals surface area contributed by atoms with Crippen molar-refractivity contribution < 1.29 is 9.59 Å². The average molecular weight is 253 g/mol. The van der Waals surface area contributed by atoms with Crippen LogP contribution in [0.2, 0.25) is 0 Å². The summed E-state index contributed by atoms with van der Waals surface area (Å²) in [4.78, 5) is 25.9. The third-order valence-corrected chi connectivity index (χ3v) is 3.13. The quantitative estimate of drug-likeness (QED) is 0.776. The topological polar surface area (TPSA) is 63.2 Å². The van der Waals surface area contributed by atoms with E-state index in [1.165, 1.54) is 12.4 Å². The summed E-state index contributed by atoms with van der Waals surface area (Å²) in [6.45, 7) is 0.400. The lowest BCUT2D eigenvalue weighted by atomic mass is 10.00. The zero-order chi connectivity index (χ0) is 13.2. The van der Waals surface area contributed by atoms with Crippen LogP contribution in [0.15, 0.2) is 42.7 Å². The molecule has 1 aliphatic rings. The average Bonchev–Trinajstić information content (AvgIpc) is 2.48. The third kappa shape index (κ3) is 1.99. The number of fused-ring (bicyclic) bond motifs is 1. The maximum Gasteiger partial charge on any atom is 0.259 e. The van der Waals surface area contributed by atoms with Gasteiger partial charge in [0.05, 0.1) is 23.6 Å². The molecule has 19 heavy (non-hydrogen) atoms. The number of carbonyl (C=O) groups excluding carboxylic acids is 2. The summed E-state index contributed by atoms with van der Waals surface area (Å²) in [7, 11) is 0. The molecule has 5 heteroatoms. The Morgan fingerprint density at radius 3 is 2.79 bits per heavy atom. The molecule has 2 heterocycles. The van der Waals surface area contributed by atoms with E-state index in [0.29, 0.717) is 29.8 Å². The fraction of sp³-hybridized carbons (Fsp3) is 0.143. The number of amides is 1. The van der Waals surface area contributed by atoms with E-state index in [0.717, 1.165) is 0 Å². The van der Waals surface area contributed by atoms with Crippen LogP contribution in [-0.4, -0.2) is 28.4 Å². The molecule has 0 N–H and O–H groups in total. The molecule has 0 radical (unpaired) electrons. The summed E-state index contributed by atoms with van der Waals surface area (Å²) < 4.78 is 0. The summed E-state index contributed by atoms with van der Waals surface area (Å²) in [6.07, 6.45) is 3.26. The number of para-hydroxylation sites is 1. The molecular formula is C14H11N3O2. The van der Waals surface area contributed by atoms with Crippen LogP contribution in [0.3, 0.4) is 0 Å². The predicted octanol–water partition coefficient (Wildman–Crippen LogP) is 1.71. The molecule has 0 atom stereocenters. The minimum Gasteiger partial charge on any atom is -0.307 e. The Kier molecular flexibility index (Phi) is 2.79. The molecule has 0 spiro atoms. The maximum absolute atomic E-state index is 12.4. The van der Waals surface area contributed by atoms with E-state index in [1.807, 2.05) is 6.07 Å². The minimum absolute atomic E-state index is 0.0764. The molecule has 1 aromatic carbocycles. The first-order valence-corrected chi connectivity index (χ1v) is 5.98. The summed E-state index contributed by atoms with van der Waals surface area (Å²) in [5.41, 5.74) is 1.74. The van der Waals surface area contributed by atoms with Gasteiger partial charge >= 0.3 is 0 Å². The predicted molar refractivity (Wildman–Crippen MR) is 69.1 cm³/mol. The number of benzene rings is 1. The van der Waals surface area contributed by atoms with Gasteiger partial charge in [0, 0.05) is 18.5 Å². The molecule has 0 fully saturated rings. The minimum atomic E-state index is -0.158. The lowest BCUT2D eigenvalue weighted by molar-refractivity contribution is 0.0955. The number of Topliss-reactive ketones (excluding diaryl/α,β-unsaturated/α-hetero) is 1. The van der Waals surface area contributed by atoms with E-state index in [-0.39, 0.29) is 11.7 Å². The van der Waals surface area contributed by atoms with Crippen LogP contribution in [0.25, 0.3) is 0 Å². The zero-order valence-corrected chi connectivity index (χ0v) is 10.1. The van der Waals surface area contributed by atoms with E-state index in [9.17, 15) is 9.59 Å². The molecule has 5 nitrogen and oxygen atoms in total. The van der Waals surface area contributed by atoms with Crippen molar-refractivity contribution in [3.05, 3.63) is 53.9 Å². The van der Waals surface area contributed by atoms with Gasteiger partial charge < -0.3 is 4.90 Å². The zero-order valence-electron chi connectivity index (χ0n) is 10.1. The second-order valence-electron chi connectivity index (χ2n) is 4.28. The Labute approximate surface area is 109 Å². The summed E-state index contributed by atoms with van der Waals surface area (Å²) >= 11 is 0. The van der Waals surface area contributed by atoms with Crippen molar-refractivity contribution in [2.24, 2.45) is 0 Å². The number of carbonyl (C=O) groups is 2. The first-order chi connectivity index (χ1) is 9.27. The van der Waals surface area contributed by atoms with Gasteiger partial charge in [0.1, 0.15) is 0 Å². The van der Waals surface area contributed by atoms with E-state index >= 15 is 0 Å². The molecule has 1 aliphatic heterocycles. The van der Waals surface area contributed by atoms with Crippen molar-refractivity contribution in [3.8, 4) is 0 Å².